The number of halogens is 1. The van der Waals surface area contributed by atoms with Gasteiger partial charge in [-0.3, -0.25) is 9.59 Å². The highest BCUT2D eigenvalue weighted by Gasteiger charge is 2.50. The quantitative estimate of drug-likeness (QED) is 0.674. The van der Waals surface area contributed by atoms with Crippen LogP contribution in [0.1, 0.15) is 28.8 Å². The fourth-order valence-corrected chi connectivity index (χ4v) is 2.12. The summed E-state index contributed by atoms with van der Waals surface area (Å²) in [6.45, 7) is 0.847. The number of carbonyl (C=O) groups is 2. The Morgan fingerprint density at radius 2 is 2.09 bits per heavy atom. The summed E-state index contributed by atoms with van der Waals surface area (Å²) < 4.78 is 23.8. The zero-order valence-corrected chi connectivity index (χ0v) is 12.9. The van der Waals surface area contributed by atoms with Gasteiger partial charge in [-0.05, 0) is 31.0 Å². The smallest absolute Gasteiger partial charge is 0.311 e. The Bertz CT molecular complexity index is 586. The summed E-state index contributed by atoms with van der Waals surface area (Å²) in [6, 6.07) is 3.98. The van der Waals surface area contributed by atoms with Crippen LogP contribution in [0.5, 0.6) is 0 Å². The number of ether oxygens (including phenoxy) is 2. The Morgan fingerprint density at radius 1 is 1.35 bits per heavy atom. The lowest BCUT2D eigenvalue weighted by molar-refractivity contribution is -0.143. The second-order valence-corrected chi connectivity index (χ2v) is 5.62. The largest absolute Gasteiger partial charge is 0.481 e. The molecule has 0 aromatic heterocycles. The number of benzene rings is 1. The highest BCUT2D eigenvalue weighted by molar-refractivity contribution is 5.94. The van der Waals surface area contributed by atoms with Crippen molar-refractivity contribution in [1.29, 1.82) is 0 Å². The van der Waals surface area contributed by atoms with Gasteiger partial charge in [-0.2, -0.15) is 0 Å². The average Bonchev–Trinajstić information content (AvgIpc) is 3.32. The van der Waals surface area contributed by atoms with E-state index in [9.17, 15) is 14.0 Å². The van der Waals surface area contributed by atoms with Crippen molar-refractivity contribution < 1.29 is 28.6 Å². The molecule has 1 amide bonds. The van der Waals surface area contributed by atoms with Crippen molar-refractivity contribution in [3.63, 3.8) is 0 Å². The Balaban J connectivity index is 1.93. The highest BCUT2D eigenvalue weighted by Crippen LogP contribution is 2.45. The van der Waals surface area contributed by atoms with Crippen LogP contribution >= 0.6 is 0 Å². The molecular formula is C16H20FNO5. The van der Waals surface area contributed by atoms with E-state index >= 15 is 0 Å². The third-order valence-electron chi connectivity index (χ3n) is 3.89. The maximum atomic E-state index is 13.7. The van der Waals surface area contributed by atoms with Gasteiger partial charge in [0.25, 0.3) is 5.91 Å². The normalized spacial score (nSPS) is 15.2. The zero-order valence-electron chi connectivity index (χ0n) is 12.9. The van der Waals surface area contributed by atoms with Gasteiger partial charge in [0.05, 0.1) is 25.2 Å². The van der Waals surface area contributed by atoms with Crippen molar-refractivity contribution >= 4 is 11.9 Å². The monoisotopic (exact) mass is 325 g/mol. The van der Waals surface area contributed by atoms with Crippen LogP contribution in [0.4, 0.5) is 4.39 Å². The molecule has 1 aliphatic rings. The van der Waals surface area contributed by atoms with Gasteiger partial charge in [0.2, 0.25) is 0 Å². The van der Waals surface area contributed by atoms with E-state index in [1.54, 1.807) is 7.11 Å². The van der Waals surface area contributed by atoms with Gasteiger partial charge < -0.3 is 19.9 Å². The number of nitrogens with one attached hydrogen (secondary N) is 1. The highest BCUT2D eigenvalue weighted by atomic mass is 19.1. The first-order valence-corrected chi connectivity index (χ1v) is 7.35. The van der Waals surface area contributed by atoms with Crippen molar-refractivity contribution in [2.75, 3.05) is 26.9 Å². The number of rotatable bonds is 9. The lowest BCUT2D eigenvalue weighted by Gasteiger charge is -2.12. The fraction of sp³-hybridized carbons (Fsp3) is 0.500. The lowest BCUT2D eigenvalue weighted by atomic mass is 10.1. The molecule has 1 saturated carbocycles. The number of hydrogen-bond acceptors (Lipinski definition) is 4. The van der Waals surface area contributed by atoms with Gasteiger partial charge in [-0.1, -0.05) is 0 Å². The molecule has 0 spiro atoms. The number of aliphatic carboxylic acids is 1. The van der Waals surface area contributed by atoms with Crippen LogP contribution in [0, 0.1) is 11.2 Å². The van der Waals surface area contributed by atoms with Crippen LogP contribution in [0.2, 0.25) is 0 Å². The molecule has 6 nitrogen and oxygen atoms in total. The molecule has 1 fully saturated rings. The Morgan fingerprint density at radius 3 is 2.70 bits per heavy atom. The minimum atomic E-state index is -0.899. The van der Waals surface area contributed by atoms with E-state index in [1.807, 2.05) is 0 Å². The Labute approximate surface area is 133 Å². The van der Waals surface area contributed by atoms with Crippen molar-refractivity contribution in [2.45, 2.75) is 19.4 Å². The van der Waals surface area contributed by atoms with Crippen LogP contribution in [0.25, 0.3) is 0 Å². The first-order chi connectivity index (χ1) is 11.0. The number of methoxy groups -OCH3 is 1. The molecule has 0 radical (unpaired) electrons. The average molecular weight is 325 g/mol. The molecule has 0 atom stereocenters. The molecule has 2 N–H and O–H groups in total. The minimum Gasteiger partial charge on any atom is -0.481 e. The number of hydrogen-bond donors (Lipinski definition) is 2. The molecule has 0 saturated heterocycles. The van der Waals surface area contributed by atoms with E-state index in [1.165, 1.54) is 18.2 Å². The number of carbonyl (C=O) groups excluding carboxylic acids is 1. The van der Waals surface area contributed by atoms with E-state index in [0.29, 0.717) is 26.1 Å². The lowest BCUT2D eigenvalue weighted by Crippen LogP contribution is -2.34. The van der Waals surface area contributed by atoms with Crippen LogP contribution in [-0.4, -0.2) is 43.9 Å². The van der Waals surface area contributed by atoms with Crippen LogP contribution < -0.4 is 5.32 Å². The van der Waals surface area contributed by atoms with E-state index in [4.69, 9.17) is 14.6 Å². The van der Waals surface area contributed by atoms with Crippen molar-refractivity contribution in [3.8, 4) is 0 Å². The second kappa shape index (κ2) is 7.52. The Kier molecular flexibility index (Phi) is 5.68. The molecule has 2 rings (SSSR count). The predicted molar refractivity (Wildman–Crippen MR) is 79.6 cm³/mol. The number of amides is 1. The molecule has 0 unspecified atom stereocenters. The molecule has 0 heterocycles. The zero-order chi connectivity index (χ0) is 16.9. The van der Waals surface area contributed by atoms with E-state index < -0.39 is 23.1 Å². The van der Waals surface area contributed by atoms with Gasteiger partial charge in [-0.25, -0.2) is 4.39 Å². The molecule has 126 valence electrons. The van der Waals surface area contributed by atoms with E-state index in [-0.39, 0.29) is 24.3 Å². The van der Waals surface area contributed by atoms with Crippen molar-refractivity contribution in [3.05, 3.63) is 35.1 Å². The van der Waals surface area contributed by atoms with E-state index in [2.05, 4.69) is 5.32 Å². The summed E-state index contributed by atoms with van der Waals surface area (Å²) in [5.74, 6) is -1.78. The maximum Gasteiger partial charge on any atom is 0.311 e. The van der Waals surface area contributed by atoms with Gasteiger partial charge >= 0.3 is 5.97 Å². The molecule has 23 heavy (non-hydrogen) atoms. The molecule has 1 aromatic carbocycles. The molecule has 7 heteroatoms. The summed E-state index contributed by atoms with van der Waals surface area (Å²) in [4.78, 5) is 23.2. The van der Waals surface area contributed by atoms with E-state index in [0.717, 1.165) is 0 Å². The molecular weight excluding hydrogens is 305 g/mol. The maximum absolute atomic E-state index is 13.7. The number of carboxylic acids is 1. The van der Waals surface area contributed by atoms with Gasteiger partial charge in [0.15, 0.2) is 0 Å². The minimum absolute atomic E-state index is 0.0371. The standard InChI is InChI=1S/C16H20FNO5/c1-22-6-7-23-9-12-8-11(2-3-13(12)17)14(19)18-10-16(4-5-16)15(20)21/h2-3,8H,4-7,9-10H2,1H3,(H,18,19)(H,20,21). The van der Waals surface area contributed by atoms with Crippen LogP contribution in [0.15, 0.2) is 18.2 Å². The second-order valence-electron chi connectivity index (χ2n) is 5.62. The van der Waals surface area contributed by atoms with Crippen molar-refractivity contribution in [1.82, 2.24) is 5.32 Å². The summed E-state index contributed by atoms with van der Waals surface area (Å²) >= 11 is 0. The predicted octanol–water partition coefficient (Wildman–Crippen LogP) is 1.58. The molecule has 1 aliphatic carbocycles. The van der Waals surface area contributed by atoms with Crippen molar-refractivity contribution in [2.24, 2.45) is 5.41 Å². The summed E-state index contributed by atoms with van der Waals surface area (Å²) in [5.41, 5.74) is -0.284. The first-order valence-electron chi connectivity index (χ1n) is 7.35. The van der Waals surface area contributed by atoms with Gasteiger partial charge in [0, 0.05) is 24.8 Å². The summed E-state index contributed by atoms with van der Waals surface area (Å²) in [7, 11) is 1.54. The molecule has 0 aliphatic heterocycles. The van der Waals surface area contributed by atoms with Gasteiger partial charge in [0.1, 0.15) is 5.82 Å². The van der Waals surface area contributed by atoms with Crippen LogP contribution in [-0.2, 0) is 20.9 Å². The summed E-state index contributed by atoms with van der Waals surface area (Å²) in [6.07, 6.45) is 1.12. The number of carboxylic acid groups (broad SMARTS) is 1. The SMILES string of the molecule is COCCOCc1cc(C(=O)NCC2(C(=O)O)CC2)ccc1F. The molecule has 0 bridgehead atoms. The topological polar surface area (TPSA) is 84.9 Å². The first kappa shape index (κ1) is 17.4. The Hall–Kier alpha value is -1.99. The third kappa shape index (κ3) is 4.49. The fourth-order valence-electron chi connectivity index (χ4n) is 2.12. The molecule has 1 aromatic rings. The van der Waals surface area contributed by atoms with Crippen LogP contribution in [0.3, 0.4) is 0 Å². The summed E-state index contributed by atoms with van der Waals surface area (Å²) in [5, 5.41) is 11.7. The van der Waals surface area contributed by atoms with Gasteiger partial charge in [-0.15, -0.1) is 0 Å². The third-order valence-corrected chi connectivity index (χ3v) is 3.89.